The lowest BCUT2D eigenvalue weighted by atomic mass is 10.2. The smallest absolute Gasteiger partial charge is 0.349 e. The molecular formula is C16H8F4I2O6S. The molecule has 0 heterocycles. The van der Waals surface area contributed by atoms with Gasteiger partial charge in [-0.05, 0) is 62.9 Å². The van der Waals surface area contributed by atoms with E-state index in [1.807, 2.05) is 45.2 Å². The van der Waals surface area contributed by atoms with Crippen LogP contribution in [0.5, 0.6) is 11.5 Å². The highest BCUT2D eigenvalue weighted by atomic mass is 127. The van der Waals surface area contributed by atoms with Crippen LogP contribution in [-0.4, -0.2) is 25.5 Å². The van der Waals surface area contributed by atoms with E-state index in [0.717, 1.165) is 5.56 Å². The van der Waals surface area contributed by atoms with Crippen molar-refractivity contribution in [2.75, 3.05) is 6.61 Å². The first-order valence-electron chi connectivity index (χ1n) is 7.16. The highest BCUT2D eigenvalue weighted by Gasteiger charge is 2.34. The van der Waals surface area contributed by atoms with E-state index < -0.39 is 56.6 Å². The number of hydrogen-bond donors (Lipinski definition) is 1. The lowest BCUT2D eigenvalue weighted by molar-refractivity contribution is -0.137. The first-order chi connectivity index (χ1) is 13.4. The van der Waals surface area contributed by atoms with Crippen molar-refractivity contribution in [1.82, 2.24) is 0 Å². The highest BCUT2D eigenvalue weighted by Crippen LogP contribution is 2.33. The Kier molecular flexibility index (Phi) is 7.50. The standard InChI is InChI=1S/C16H8F4I2O6S/c1-2-6-3-7(21)14(8(22)4-6)27-5-9(23)28-15-10(17)12(19)16(29(24,25)26)13(20)11(15)18/h2-4H,1,5H2,(H,24,25,26). The quantitative estimate of drug-likeness (QED) is 0.124. The molecule has 0 unspecified atom stereocenters. The maximum absolute atomic E-state index is 13.9. The van der Waals surface area contributed by atoms with Crippen molar-refractivity contribution in [3.05, 3.63) is 54.7 Å². The van der Waals surface area contributed by atoms with Crippen LogP contribution in [-0.2, 0) is 14.9 Å². The van der Waals surface area contributed by atoms with Gasteiger partial charge in [0.05, 0.1) is 7.14 Å². The van der Waals surface area contributed by atoms with Crippen LogP contribution in [0, 0.1) is 30.4 Å². The van der Waals surface area contributed by atoms with Crippen molar-refractivity contribution in [1.29, 1.82) is 0 Å². The lowest BCUT2D eigenvalue weighted by Crippen LogP contribution is -2.21. The molecule has 0 aliphatic rings. The number of hydrogen-bond acceptors (Lipinski definition) is 5. The Labute approximate surface area is 188 Å². The molecule has 2 rings (SSSR count). The highest BCUT2D eigenvalue weighted by molar-refractivity contribution is 14.1. The Bertz CT molecular complexity index is 1070. The molecule has 2 aromatic rings. The molecule has 0 aliphatic carbocycles. The third-order valence-corrected chi connectivity index (χ3v) is 5.72. The molecule has 13 heteroatoms. The molecule has 0 spiro atoms. The van der Waals surface area contributed by atoms with Crippen molar-refractivity contribution in [2.24, 2.45) is 0 Å². The first-order valence-corrected chi connectivity index (χ1v) is 10.8. The zero-order valence-electron chi connectivity index (χ0n) is 13.8. The summed E-state index contributed by atoms with van der Waals surface area (Å²) in [6.07, 6.45) is 1.58. The predicted octanol–water partition coefficient (Wildman–Crippen LogP) is 4.33. The molecule has 2 aromatic carbocycles. The molecule has 1 N–H and O–H groups in total. The number of benzene rings is 2. The third kappa shape index (κ3) is 5.18. The molecule has 0 saturated carbocycles. The lowest BCUT2D eigenvalue weighted by Gasteiger charge is -2.13. The molecule has 0 saturated heterocycles. The van der Waals surface area contributed by atoms with Crippen LogP contribution in [0.4, 0.5) is 17.6 Å². The second-order valence-corrected chi connectivity index (χ2v) is 8.85. The maximum Gasteiger partial charge on any atom is 0.349 e. The maximum atomic E-state index is 13.9. The van der Waals surface area contributed by atoms with E-state index in [9.17, 15) is 30.8 Å². The van der Waals surface area contributed by atoms with Crippen LogP contribution in [0.2, 0.25) is 0 Å². The number of halogens is 6. The topological polar surface area (TPSA) is 89.9 Å². The Morgan fingerprint density at radius 3 is 1.93 bits per heavy atom. The summed E-state index contributed by atoms with van der Waals surface area (Å²) in [6, 6.07) is 3.35. The molecule has 0 radical (unpaired) electrons. The number of carbonyl (C=O) groups excluding carboxylic acids is 1. The molecule has 29 heavy (non-hydrogen) atoms. The zero-order valence-corrected chi connectivity index (χ0v) is 18.9. The summed E-state index contributed by atoms with van der Waals surface area (Å²) in [6.45, 7) is 2.72. The van der Waals surface area contributed by atoms with Gasteiger partial charge in [0.1, 0.15) is 5.75 Å². The van der Waals surface area contributed by atoms with Crippen LogP contribution in [0.3, 0.4) is 0 Å². The Balaban J connectivity index is 2.28. The second-order valence-electron chi connectivity index (χ2n) is 5.17. The van der Waals surface area contributed by atoms with Crippen molar-refractivity contribution in [3.8, 4) is 11.5 Å². The van der Waals surface area contributed by atoms with Crippen molar-refractivity contribution < 1.29 is 44.8 Å². The van der Waals surface area contributed by atoms with Crippen molar-refractivity contribution >= 4 is 67.3 Å². The average Bonchev–Trinajstić information content (AvgIpc) is 2.61. The van der Waals surface area contributed by atoms with Gasteiger partial charge in [0.15, 0.2) is 23.1 Å². The molecule has 0 fully saturated rings. The fourth-order valence-electron chi connectivity index (χ4n) is 2.02. The Hall–Kier alpha value is -1.46. The summed E-state index contributed by atoms with van der Waals surface area (Å²) in [5, 5.41) is 0. The summed E-state index contributed by atoms with van der Waals surface area (Å²) >= 11 is 3.81. The van der Waals surface area contributed by atoms with Crippen molar-refractivity contribution in [2.45, 2.75) is 4.90 Å². The van der Waals surface area contributed by atoms with Gasteiger partial charge in [0.25, 0.3) is 0 Å². The summed E-state index contributed by atoms with van der Waals surface area (Å²) in [5.41, 5.74) is 0.766. The predicted molar refractivity (Wildman–Crippen MR) is 109 cm³/mol. The second kappa shape index (κ2) is 9.13. The Morgan fingerprint density at radius 2 is 1.52 bits per heavy atom. The number of ether oxygens (including phenoxy) is 2. The summed E-state index contributed by atoms with van der Waals surface area (Å²) in [5.74, 6) is -12.5. The van der Waals surface area contributed by atoms with Crippen LogP contribution >= 0.6 is 45.2 Å². The van der Waals surface area contributed by atoms with Crippen LogP contribution in [0.25, 0.3) is 6.08 Å². The molecule has 0 bridgehead atoms. The zero-order chi connectivity index (χ0) is 22.1. The molecule has 156 valence electrons. The van der Waals surface area contributed by atoms with E-state index in [-0.39, 0.29) is 5.75 Å². The van der Waals surface area contributed by atoms with E-state index in [0.29, 0.717) is 7.14 Å². The summed E-state index contributed by atoms with van der Waals surface area (Å²) in [7, 11) is -5.62. The van der Waals surface area contributed by atoms with E-state index in [2.05, 4.69) is 11.3 Å². The third-order valence-electron chi connectivity index (χ3n) is 3.25. The largest absolute Gasteiger partial charge is 0.480 e. The molecule has 0 atom stereocenters. The molecule has 0 aromatic heterocycles. The van der Waals surface area contributed by atoms with Gasteiger partial charge in [-0.1, -0.05) is 12.7 Å². The minimum atomic E-state index is -5.62. The Morgan fingerprint density at radius 1 is 1.03 bits per heavy atom. The van der Waals surface area contributed by atoms with E-state index >= 15 is 0 Å². The number of rotatable bonds is 6. The number of esters is 1. The van der Waals surface area contributed by atoms with Gasteiger partial charge >= 0.3 is 16.1 Å². The van der Waals surface area contributed by atoms with E-state index in [4.69, 9.17) is 9.29 Å². The summed E-state index contributed by atoms with van der Waals surface area (Å²) in [4.78, 5) is 9.59. The van der Waals surface area contributed by atoms with Crippen LogP contribution < -0.4 is 9.47 Å². The van der Waals surface area contributed by atoms with Gasteiger partial charge in [-0.25, -0.2) is 13.6 Å². The van der Waals surface area contributed by atoms with E-state index in [1.165, 1.54) is 0 Å². The van der Waals surface area contributed by atoms with Gasteiger partial charge in [-0.2, -0.15) is 17.2 Å². The van der Waals surface area contributed by atoms with E-state index in [1.54, 1.807) is 18.2 Å². The molecule has 6 nitrogen and oxygen atoms in total. The van der Waals surface area contributed by atoms with Crippen LogP contribution in [0.1, 0.15) is 5.56 Å². The van der Waals surface area contributed by atoms with Gasteiger partial charge in [0.2, 0.25) is 17.4 Å². The minimum absolute atomic E-state index is 0.244. The van der Waals surface area contributed by atoms with Gasteiger partial charge in [-0.15, -0.1) is 0 Å². The van der Waals surface area contributed by atoms with Gasteiger partial charge in [-0.3, -0.25) is 4.55 Å². The van der Waals surface area contributed by atoms with Gasteiger partial charge in [0, 0.05) is 0 Å². The van der Waals surface area contributed by atoms with Gasteiger partial charge < -0.3 is 9.47 Å². The molecule has 0 aliphatic heterocycles. The molecule has 0 amide bonds. The fraction of sp³-hybridized carbons (Fsp3) is 0.0625. The SMILES string of the molecule is C=Cc1cc(I)c(OCC(=O)Oc2c(F)c(F)c(S(=O)(=O)O)c(F)c2F)c(I)c1. The average molecular weight is 658 g/mol. The minimum Gasteiger partial charge on any atom is -0.480 e. The fourth-order valence-corrected chi connectivity index (χ4v) is 4.78. The first kappa shape index (κ1) is 23.8. The normalized spacial score (nSPS) is 11.3. The molecular weight excluding hydrogens is 650 g/mol. The van der Waals surface area contributed by atoms with Crippen LogP contribution in [0.15, 0.2) is 23.6 Å². The monoisotopic (exact) mass is 658 g/mol. The van der Waals surface area contributed by atoms with Crippen molar-refractivity contribution in [3.63, 3.8) is 0 Å². The number of carbonyl (C=O) groups is 1. The summed E-state index contributed by atoms with van der Waals surface area (Å²) < 4.78 is 96.3.